The molecule has 0 radical (unpaired) electrons. The highest BCUT2D eigenvalue weighted by Crippen LogP contribution is 2.10. The lowest BCUT2D eigenvalue weighted by Crippen LogP contribution is -1.68. The number of allylic oxidation sites excluding steroid dienone is 4. The van der Waals surface area contributed by atoms with E-state index in [1.165, 1.54) is 0 Å². The second-order valence-corrected chi connectivity index (χ2v) is 2.57. The van der Waals surface area contributed by atoms with Crippen LogP contribution in [0.1, 0.15) is 5.56 Å². The number of rotatable bonds is 3. The molecular weight excluding hydrogens is 160 g/mol. The van der Waals surface area contributed by atoms with E-state index in [1.54, 1.807) is 18.2 Å². The topological polar surface area (TPSA) is 20.2 Å². The zero-order valence-corrected chi connectivity index (χ0v) is 7.35. The quantitative estimate of drug-likeness (QED) is 0.694. The van der Waals surface area contributed by atoms with Gasteiger partial charge in [0.25, 0.3) is 0 Å². The van der Waals surface area contributed by atoms with Crippen LogP contribution in [0, 0.1) is 0 Å². The minimum Gasteiger partial charge on any atom is -0.508 e. The lowest BCUT2D eigenvalue weighted by molar-refractivity contribution is 0.475. The summed E-state index contributed by atoms with van der Waals surface area (Å²) in [4.78, 5) is 0. The highest BCUT2D eigenvalue weighted by Gasteiger charge is 1.85. The number of phenols is 1. The average molecular weight is 172 g/mol. The van der Waals surface area contributed by atoms with Gasteiger partial charge in [0.2, 0.25) is 0 Å². The number of aromatic hydroxyl groups is 1. The van der Waals surface area contributed by atoms with Crippen LogP contribution >= 0.6 is 0 Å². The van der Waals surface area contributed by atoms with E-state index in [4.69, 9.17) is 5.11 Å². The first-order valence-electron chi connectivity index (χ1n) is 4.08. The molecular formula is C12H12O. The van der Waals surface area contributed by atoms with E-state index in [9.17, 15) is 0 Å². The summed E-state index contributed by atoms with van der Waals surface area (Å²) in [5, 5.41) is 9.01. The summed E-state index contributed by atoms with van der Waals surface area (Å²) in [5.41, 5.74) is 1.06. The predicted octanol–water partition coefficient (Wildman–Crippen LogP) is 3.15. The van der Waals surface area contributed by atoms with Gasteiger partial charge >= 0.3 is 0 Å². The molecule has 0 amide bonds. The fraction of sp³-hybridized carbons (Fsp3) is 0. The average Bonchev–Trinajstić information content (AvgIpc) is 2.15. The molecule has 0 unspecified atom stereocenters. The zero-order chi connectivity index (χ0) is 9.52. The molecule has 1 N–H and O–H groups in total. The van der Waals surface area contributed by atoms with Crippen molar-refractivity contribution in [3.8, 4) is 5.75 Å². The predicted molar refractivity (Wildman–Crippen MR) is 56.5 cm³/mol. The molecule has 0 fully saturated rings. The lowest BCUT2D eigenvalue weighted by atomic mass is 10.2. The Kier molecular flexibility index (Phi) is 3.58. The van der Waals surface area contributed by atoms with Gasteiger partial charge in [0.05, 0.1) is 0 Å². The highest BCUT2D eigenvalue weighted by atomic mass is 16.3. The number of phenolic OH excluding ortho intramolecular Hbond substituents is 1. The van der Waals surface area contributed by atoms with Gasteiger partial charge in [0.15, 0.2) is 0 Å². The van der Waals surface area contributed by atoms with Crippen LogP contribution in [0.5, 0.6) is 5.75 Å². The van der Waals surface area contributed by atoms with Crippen molar-refractivity contribution in [2.75, 3.05) is 0 Å². The van der Waals surface area contributed by atoms with Gasteiger partial charge in [-0.2, -0.15) is 0 Å². The molecule has 0 atom stereocenters. The fourth-order valence-corrected chi connectivity index (χ4v) is 0.895. The highest BCUT2D eigenvalue weighted by molar-refractivity contribution is 5.52. The summed E-state index contributed by atoms with van der Waals surface area (Å²) in [6.07, 6.45) is 9.37. The standard InChI is InChI=1S/C12H12O/c1-2-3-4-5-6-11-7-9-12(13)10-8-11/h2-10,13H,1H2. The van der Waals surface area contributed by atoms with Gasteiger partial charge in [-0.05, 0) is 17.7 Å². The van der Waals surface area contributed by atoms with Crippen molar-refractivity contribution in [2.24, 2.45) is 0 Å². The van der Waals surface area contributed by atoms with Gasteiger partial charge in [0, 0.05) is 0 Å². The van der Waals surface area contributed by atoms with Crippen molar-refractivity contribution in [3.63, 3.8) is 0 Å². The second-order valence-electron chi connectivity index (χ2n) is 2.57. The summed E-state index contributed by atoms with van der Waals surface area (Å²) in [5.74, 6) is 0.291. The summed E-state index contributed by atoms with van der Waals surface area (Å²) < 4.78 is 0. The van der Waals surface area contributed by atoms with Gasteiger partial charge < -0.3 is 5.11 Å². The first-order chi connectivity index (χ1) is 6.33. The lowest BCUT2D eigenvalue weighted by Gasteiger charge is -1.92. The van der Waals surface area contributed by atoms with Crippen LogP contribution in [0.3, 0.4) is 0 Å². The number of hydrogen-bond acceptors (Lipinski definition) is 1. The maximum Gasteiger partial charge on any atom is 0.115 e. The van der Waals surface area contributed by atoms with E-state index in [1.807, 2.05) is 36.4 Å². The first-order valence-corrected chi connectivity index (χ1v) is 4.08. The Morgan fingerprint density at radius 3 is 2.31 bits per heavy atom. The van der Waals surface area contributed by atoms with E-state index in [0.717, 1.165) is 5.56 Å². The van der Waals surface area contributed by atoms with E-state index in [2.05, 4.69) is 6.58 Å². The van der Waals surface area contributed by atoms with Crippen LogP contribution in [0.15, 0.2) is 55.1 Å². The Morgan fingerprint density at radius 2 is 1.69 bits per heavy atom. The Morgan fingerprint density at radius 1 is 1.00 bits per heavy atom. The zero-order valence-electron chi connectivity index (χ0n) is 7.35. The van der Waals surface area contributed by atoms with Crippen molar-refractivity contribution < 1.29 is 5.11 Å². The van der Waals surface area contributed by atoms with Gasteiger partial charge in [-0.15, -0.1) is 0 Å². The molecule has 0 aromatic heterocycles. The molecule has 0 aliphatic rings. The Labute approximate surface area is 78.3 Å². The first kappa shape index (κ1) is 9.33. The Bertz CT molecular complexity index is 317. The molecule has 66 valence electrons. The second kappa shape index (κ2) is 4.99. The minimum absolute atomic E-state index is 0.291. The molecule has 1 aromatic carbocycles. The molecule has 13 heavy (non-hydrogen) atoms. The third kappa shape index (κ3) is 3.43. The van der Waals surface area contributed by atoms with Gasteiger partial charge in [-0.25, -0.2) is 0 Å². The smallest absolute Gasteiger partial charge is 0.115 e. The van der Waals surface area contributed by atoms with Crippen LogP contribution in [0.4, 0.5) is 0 Å². The minimum atomic E-state index is 0.291. The van der Waals surface area contributed by atoms with E-state index in [-0.39, 0.29) is 0 Å². The molecule has 0 spiro atoms. The van der Waals surface area contributed by atoms with Crippen molar-refractivity contribution in [2.45, 2.75) is 0 Å². The molecule has 0 saturated heterocycles. The van der Waals surface area contributed by atoms with Crippen molar-refractivity contribution in [3.05, 3.63) is 60.7 Å². The SMILES string of the molecule is C=CC=CC=Cc1ccc(O)cc1. The molecule has 1 aromatic rings. The van der Waals surface area contributed by atoms with Gasteiger partial charge in [-0.1, -0.05) is 49.1 Å². The van der Waals surface area contributed by atoms with Crippen molar-refractivity contribution in [1.29, 1.82) is 0 Å². The van der Waals surface area contributed by atoms with E-state index in [0.29, 0.717) is 5.75 Å². The third-order valence-electron chi connectivity index (χ3n) is 1.54. The van der Waals surface area contributed by atoms with Crippen LogP contribution in [-0.4, -0.2) is 5.11 Å². The maximum atomic E-state index is 9.01. The molecule has 0 bridgehead atoms. The summed E-state index contributed by atoms with van der Waals surface area (Å²) in [6.45, 7) is 3.56. The summed E-state index contributed by atoms with van der Waals surface area (Å²) in [7, 11) is 0. The van der Waals surface area contributed by atoms with Crippen LogP contribution in [0.2, 0.25) is 0 Å². The number of benzene rings is 1. The van der Waals surface area contributed by atoms with E-state index >= 15 is 0 Å². The molecule has 0 heterocycles. The largest absolute Gasteiger partial charge is 0.508 e. The van der Waals surface area contributed by atoms with Gasteiger partial charge in [-0.3, -0.25) is 0 Å². The molecule has 0 aliphatic carbocycles. The van der Waals surface area contributed by atoms with Crippen LogP contribution in [-0.2, 0) is 0 Å². The Balaban J connectivity index is 2.64. The number of hydrogen-bond donors (Lipinski definition) is 1. The van der Waals surface area contributed by atoms with Crippen molar-refractivity contribution in [1.82, 2.24) is 0 Å². The molecule has 0 aliphatic heterocycles. The third-order valence-corrected chi connectivity index (χ3v) is 1.54. The molecule has 1 rings (SSSR count). The van der Waals surface area contributed by atoms with Gasteiger partial charge in [0.1, 0.15) is 5.75 Å². The molecule has 1 nitrogen and oxygen atoms in total. The summed E-state index contributed by atoms with van der Waals surface area (Å²) >= 11 is 0. The molecule has 0 saturated carbocycles. The molecule has 1 heteroatoms. The van der Waals surface area contributed by atoms with E-state index < -0.39 is 0 Å². The normalized spacial score (nSPS) is 11.1. The van der Waals surface area contributed by atoms with Crippen LogP contribution in [0.25, 0.3) is 6.08 Å². The van der Waals surface area contributed by atoms with Crippen LogP contribution < -0.4 is 0 Å². The fourth-order valence-electron chi connectivity index (χ4n) is 0.895. The van der Waals surface area contributed by atoms with Crippen molar-refractivity contribution >= 4 is 6.08 Å². The Hall–Kier alpha value is -1.76. The maximum absolute atomic E-state index is 9.01. The monoisotopic (exact) mass is 172 g/mol. The summed E-state index contributed by atoms with van der Waals surface area (Å²) in [6, 6.07) is 7.04.